The number of pyridine rings is 1. The first-order valence-electron chi connectivity index (χ1n) is 7.27. The van der Waals surface area contributed by atoms with E-state index in [1.54, 1.807) is 33.4 Å². The van der Waals surface area contributed by atoms with Crippen molar-refractivity contribution in [2.45, 2.75) is 17.2 Å². The van der Waals surface area contributed by atoms with Crippen molar-refractivity contribution in [3.63, 3.8) is 0 Å². The molecule has 0 spiro atoms. The van der Waals surface area contributed by atoms with Gasteiger partial charge in [0.1, 0.15) is 0 Å². The van der Waals surface area contributed by atoms with Gasteiger partial charge in [0.15, 0.2) is 11.5 Å². The summed E-state index contributed by atoms with van der Waals surface area (Å²) in [4.78, 5) is 16.3. The van der Waals surface area contributed by atoms with Gasteiger partial charge in [-0.2, -0.15) is 5.10 Å². The second-order valence-electron chi connectivity index (χ2n) is 4.75. The lowest BCUT2D eigenvalue weighted by molar-refractivity contribution is -0.120. The third kappa shape index (κ3) is 4.73. The molecular weight excluding hydrogens is 326 g/mol. The first-order chi connectivity index (χ1) is 11.7. The van der Waals surface area contributed by atoms with Gasteiger partial charge in [-0.1, -0.05) is 23.9 Å². The Morgan fingerprint density at radius 3 is 2.75 bits per heavy atom. The number of thioether (sulfide) groups is 1. The maximum absolute atomic E-state index is 12.1. The first-order valence-corrected chi connectivity index (χ1v) is 8.15. The predicted molar refractivity (Wildman–Crippen MR) is 94.8 cm³/mol. The lowest BCUT2D eigenvalue weighted by atomic mass is 10.2. The molecule has 0 saturated carbocycles. The molecule has 0 radical (unpaired) electrons. The van der Waals surface area contributed by atoms with E-state index in [1.165, 1.54) is 18.0 Å². The number of benzene rings is 1. The van der Waals surface area contributed by atoms with Crippen molar-refractivity contribution in [1.29, 1.82) is 0 Å². The Hall–Kier alpha value is -2.54. The summed E-state index contributed by atoms with van der Waals surface area (Å²) in [5.41, 5.74) is 3.24. The molecule has 1 aromatic heterocycles. The molecule has 0 aliphatic rings. The SMILES string of the molecule is COc1cccc(C=NNC(=O)C(C)Sc2ccccn2)c1OC. The van der Waals surface area contributed by atoms with Crippen molar-refractivity contribution in [3.05, 3.63) is 48.2 Å². The number of nitrogens with zero attached hydrogens (tertiary/aromatic N) is 2. The lowest BCUT2D eigenvalue weighted by Crippen LogP contribution is -2.26. The molecule has 1 atom stereocenters. The van der Waals surface area contributed by atoms with Crippen molar-refractivity contribution in [2.24, 2.45) is 5.10 Å². The van der Waals surface area contributed by atoms with Crippen LogP contribution in [0.15, 0.2) is 52.7 Å². The maximum atomic E-state index is 12.1. The summed E-state index contributed by atoms with van der Waals surface area (Å²) in [7, 11) is 3.12. The Kier molecular flexibility index (Phi) is 6.62. The molecule has 0 fully saturated rings. The third-order valence-corrected chi connectivity index (χ3v) is 4.17. The van der Waals surface area contributed by atoms with Crippen LogP contribution in [0.3, 0.4) is 0 Å². The summed E-state index contributed by atoms with van der Waals surface area (Å²) in [5, 5.41) is 4.47. The van der Waals surface area contributed by atoms with Crippen molar-refractivity contribution >= 4 is 23.9 Å². The molecule has 1 aromatic carbocycles. The van der Waals surface area contributed by atoms with Crippen molar-refractivity contribution < 1.29 is 14.3 Å². The number of rotatable bonds is 7. The van der Waals surface area contributed by atoms with Gasteiger partial charge in [-0.25, -0.2) is 10.4 Å². The van der Waals surface area contributed by atoms with E-state index in [9.17, 15) is 4.79 Å². The average Bonchev–Trinajstić information content (AvgIpc) is 2.62. The number of amides is 1. The highest BCUT2D eigenvalue weighted by Crippen LogP contribution is 2.29. The van der Waals surface area contributed by atoms with E-state index in [4.69, 9.17) is 9.47 Å². The first kappa shape index (κ1) is 17.8. The standard InChI is InChI=1S/C17H19N3O3S/c1-12(24-15-9-4-5-10-18-15)17(21)20-19-11-13-7-6-8-14(22-2)16(13)23-3/h4-12H,1-3H3,(H,20,21). The van der Waals surface area contributed by atoms with E-state index in [0.29, 0.717) is 17.1 Å². The number of hydrazone groups is 1. The van der Waals surface area contributed by atoms with E-state index in [1.807, 2.05) is 30.3 Å². The number of nitrogens with one attached hydrogen (secondary N) is 1. The van der Waals surface area contributed by atoms with Gasteiger partial charge in [0.25, 0.3) is 5.91 Å². The fourth-order valence-corrected chi connectivity index (χ4v) is 2.72. The van der Waals surface area contributed by atoms with Crippen LogP contribution in [0.5, 0.6) is 11.5 Å². The number of hydrogen-bond acceptors (Lipinski definition) is 6. The molecule has 1 unspecified atom stereocenters. The molecule has 0 saturated heterocycles. The Labute approximate surface area is 145 Å². The van der Waals surface area contributed by atoms with Gasteiger partial charge in [0.05, 0.1) is 30.7 Å². The van der Waals surface area contributed by atoms with Crippen LogP contribution in [-0.2, 0) is 4.79 Å². The van der Waals surface area contributed by atoms with Gasteiger partial charge < -0.3 is 9.47 Å². The Morgan fingerprint density at radius 2 is 2.08 bits per heavy atom. The van der Waals surface area contributed by atoms with Gasteiger partial charge in [-0.3, -0.25) is 4.79 Å². The van der Waals surface area contributed by atoms with Crippen molar-refractivity contribution in [3.8, 4) is 11.5 Å². The number of carbonyl (C=O) groups is 1. The number of hydrogen-bond donors (Lipinski definition) is 1. The van der Waals surface area contributed by atoms with Crippen LogP contribution in [0.2, 0.25) is 0 Å². The zero-order valence-electron chi connectivity index (χ0n) is 13.7. The Balaban J connectivity index is 1.97. The van der Waals surface area contributed by atoms with Crippen LogP contribution >= 0.6 is 11.8 Å². The molecular formula is C17H19N3O3S. The quantitative estimate of drug-likeness (QED) is 0.474. The van der Waals surface area contributed by atoms with Crippen LogP contribution in [0.25, 0.3) is 0 Å². The average molecular weight is 345 g/mol. The molecule has 24 heavy (non-hydrogen) atoms. The van der Waals surface area contributed by atoms with Gasteiger partial charge in [0.2, 0.25) is 0 Å². The molecule has 6 nitrogen and oxygen atoms in total. The van der Waals surface area contributed by atoms with Crippen molar-refractivity contribution in [1.82, 2.24) is 10.4 Å². The monoisotopic (exact) mass is 345 g/mol. The van der Waals surface area contributed by atoms with Crippen LogP contribution in [0, 0.1) is 0 Å². The fraction of sp³-hybridized carbons (Fsp3) is 0.235. The van der Waals surface area contributed by atoms with Gasteiger partial charge in [-0.15, -0.1) is 0 Å². The number of methoxy groups -OCH3 is 2. The van der Waals surface area contributed by atoms with E-state index in [2.05, 4.69) is 15.5 Å². The number of para-hydroxylation sites is 1. The van der Waals surface area contributed by atoms with Crippen LogP contribution in [0.1, 0.15) is 12.5 Å². The minimum atomic E-state index is -0.316. The minimum Gasteiger partial charge on any atom is -0.493 e. The maximum Gasteiger partial charge on any atom is 0.253 e. The molecule has 2 aromatic rings. The molecule has 7 heteroatoms. The van der Waals surface area contributed by atoms with Crippen LogP contribution in [-0.4, -0.2) is 36.6 Å². The molecule has 0 aliphatic heterocycles. The second-order valence-corrected chi connectivity index (χ2v) is 6.11. The van der Waals surface area contributed by atoms with E-state index < -0.39 is 0 Å². The summed E-state index contributed by atoms with van der Waals surface area (Å²) in [6, 6.07) is 11.0. The van der Waals surface area contributed by atoms with Gasteiger partial charge >= 0.3 is 0 Å². The second kappa shape index (κ2) is 8.93. The molecule has 2 rings (SSSR count). The van der Waals surface area contributed by atoms with E-state index in [0.717, 1.165) is 5.03 Å². The van der Waals surface area contributed by atoms with Gasteiger partial charge in [-0.05, 0) is 31.2 Å². The van der Waals surface area contributed by atoms with Gasteiger partial charge in [0, 0.05) is 11.8 Å². The zero-order valence-corrected chi connectivity index (χ0v) is 14.5. The smallest absolute Gasteiger partial charge is 0.253 e. The number of aromatic nitrogens is 1. The minimum absolute atomic E-state index is 0.205. The molecule has 1 amide bonds. The highest BCUT2D eigenvalue weighted by Gasteiger charge is 2.14. The van der Waals surface area contributed by atoms with Crippen LogP contribution < -0.4 is 14.9 Å². The highest BCUT2D eigenvalue weighted by atomic mass is 32.2. The number of ether oxygens (including phenoxy) is 2. The van der Waals surface area contributed by atoms with Crippen molar-refractivity contribution in [2.75, 3.05) is 14.2 Å². The largest absolute Gasteiger partial charge is 0.493 e. The summed E-state index contributed by atoms with van der Waals surface area (Å²) in [6.07, 6.45) is 3.22. The highest BCUT2D eigenvalue weighted by molar-refractivity contribution is 8.00. The van der Waals surface area contributed by atoms with Crippen LogP contribution in [0.4, 0.5) is 0 Å². The summed E-state index contributed by atoms with van der Waals surface area (Å²) in [5.74, 6) is 0.963. The molecule has 126 valence electrons. The lowest BCUT2D eigenvalue weighted by Gasteiger charge is -2.10. The Morgan fingerprint density at radius 1 is 1.25 bits per heavy atom. The topological polar surface area (TPSA) is 72.8 Å². The van der Waals surface area contributed by atoms with E-state index >= 15 is 0 Å². The normalized spacial score (nSPS) is 12.0. The number of carbonyl (C=O) groups excluding carboxylic acids is 1. The van der Waals surface area contributed by atoms with E-state index in [-0.39, 0.29) is 11.2 Å². The zero-order chi connectivity index (χ0) is 17.4. The third-order valence-electron chi connectivity index (χ3n) is 3.12. The molecule has 0 bridgehead atoms. The predicted octanol–water partition coefficient (Wildman–Crippen LogP) is 2.73. The summed E-state index contributed by atoms with van der Waals surface area (Å²) in [6.45, 7) is 1.80. The molecule has 0 aliphatic carbocycles. The molecule has 1 N–H and O–H groups in total. The molecule has 1 heterocycles. The summed E-state index contributed by atoms with van der Waals surface area (Å²) < 4.78 is 10.5. The fourth-order valence-electron chi connectivity index (χ4n) is 1.92. The Bertz CT molecular complexity index is 707. The summed E-state index contributed by atoms with van der Waals surface area (Å²) >= 11 is 1.37.